The highest BCUT2D eigenvalue weighted by molar-refractivity contribution is 7.89. The zero-order chi connectivity index (χ0) is 13.2. The van der Waals surface area contributed by atoms with Crippen LogP contribution in [0, 0.1) is 6.92 Å². The van der Waals surface area contributed by atoms with Crippen LogP contribution in [-0.2, 0) is 14.8 Å². The number of anilines is 1. The molecule has 0 aliphatic heterocycles. The van der Waals surface area contributed by atoms with Crippen LogP contribution in [0.25, 0.3) is 0 Å². The maximum absolute atomic E-state index is 11.4. The van der Waals surface area contributed by atoms with E-state index in [9.17, 15) is 13.2 Å². The number of carbonyl (C=O) groups is 1. The molecule has 0 bridgehead atoms. The van der Waals surface area contributed by atoms with E-state index in [2.05, 4.69) is 5.32 Å². The average Bonchev–Trinajstić information content (AvgIpc) is 2.19. The van der Waals surface area contributed by atoms with E-state index in [1.165, 1.54) is 19.1 Å². The second-order valence-electron chi connectivity index (χ2n) is 3.63. The molecule has 0 saturated heterocycles. The summed E-state index contributed by atoms with van der Waals surface area (Å²) < 4.78 is 22.3. The predicted molar refractivity (Wildman–Crippen MR) is 66.5 cm³/mol. The largest absolute Gasteiger partial charge is 0.325 e. The molecule has 1 rings (SSSR count). The maximum Gasteiger partial charge on any atom is 0.242 e. The van der Waals surface area contributed by atoms with Crippen LogP contribution < -0.4 is 10.5 Å². The van der Waals surface area contributed by atoms with Crippen molar-refractivity contribution in [3.05, 3.63) is 23.8 Å². The fourth-order valence-corrected chi connectivity index (χ4v) is 1.74. The summed E-state index contributed by atoms with van der Waals surface area (Å²) in [6.07, 6.45) is 0. The van der Waals surface area contributed by atoms with Crippen LogP contribution in [0.15, 0.2) is 23.1 Å². The van der Waals surface area contributed by atoms with Crippen LogP contribution in [0.3, 0.4) is 0 Å². The van der Waals surface area contributed by atoms with Gasteiger partial charge in [0.25, 0.3) is 0 Å². The van der Waals surface area contributed by atoms with Gasteiger partial charge in [-0.05, 0) is 31.5 Å². The number of rotatable bonds is 3. The van der Waals surface area contributed by atoms with E-state index in [1.54, 1.807) is 13.0 Å². The fraction of sp³-hybridized carbons (Fsp3) is 0.300. The highest BCUT2D eigenvalue weighted by Crippen LogP contribution is 2.19. The Morgan fingerprint density at radius 2 is 2.06 bits per heavy atom. The first-order chi connectivity index (χ1) is 7.71. The number of benzene rings is 1. The van der Waals surface area contributed by atoms with Crippen LogP contribution >= 0.6 is 11.6 Å². The van der Waals surface area contributed by atoms with Gasteiger partial charge in [0.15, 0.2) is 0 Å². The van der Waals surface area contributed by atoms with Gasteiger partial charge in [0.1, 0.15) is 5.38 Å². The number of aryl methyl sites for hydroxylation is 1. The summed E-state index contributed by atoms with van der Waals surface area (Å²) in [7, 11) is -3.78. The lowest BCUT2D eigenvalue weighted by Crippen LogP contribution is -2.21. The van der Waals surface area contributed by atoms with Crippen molar-refractivity contribution in [1.29, 1.82) is 0 Å². The van der Waals surface area contributed by atoms with Crippen LogP contribution in [0.5, 0.6) is 0 Å². The zero-order valence-electron chi connectivity index (χ0n) is 9.40. The molecule has 94 valence electrons. The second-order valence-corrected chi connectivity index (χ2v) is 5.84. The normalized spacial score (nSPS) is 13.2. The van der Waals surface area contributed by atoms with Crippen molar-refractivity contribution < 1.29 is 13.2 Å². The summed E-state index contributed by atoms with van der Waals surface area (Å²) in [5.41, 5.74) is 1.11. The Labute approximate surface area is 105 Å². The number of halogens is 1. The van der Waals surface area contributed by atoms with E-state index in [-0.39, 0.29) is 4.90 Å². The number of carbonyl (C=O) groups excluding carboxylic acids is 1. The van der Waals surface area contributed by atoms with E-state index in [1.807, 2.05) is 0 Å². The van der Waals surface area contributed by atoms with E-state index < -0.39 is 21.3 Å². The summed E-state index contributed by atoms with van der Waals surface area (Å²) >= 11 is 5.61. The molecule has 1 aromatic carbocycles. The second kappa shape index (κ2) is 5.03. The smallest absolute Gasteiger partial charge is 0.242 e. The van der Waals surface area contributed by atoms with Crippen molar-refractivity contribution in [2.75, 3.05) is 5.32 Å². The predicted octanol–water partition coefficient (Wildman–Crippen LogP) is 1.21. The Morgan fingerprint density at radius 3 is 2.53 bits per heavy atom. The van der Waals surface area contributed by atoms with Gasteiger partial charge in [-0.2, -0.15) is 0 Å². The summed E-state index contributed by atoms with van der Waals surface area (Å²) in [5.74, 6) is -0.402. The summed E-state index contributed by atoms with van der Waals surface area (Å²) in [5, 5.41) is 6.83. The molecule has 1 atom stereocenters. The summed E-state index contributed by atoms with van der Waals surface area (Å²) in [4.78, 5) is 11.3. The van der Waals surface area contributed by atoms with E-state index in [4.69, 9.17) is 16.7 Å². The third-order valence-electron chi connectivity index (χ3n) is 2.16. The number of amides is 1. The van der Waals surface area contributed by atoms with Crippen molar-refractivity contribution in [3.63, 3.8) is 0 Å². The third kappa shape index (κ3) is 3.69. The van der Waals surface area contributed by atoms with Crippen LogP contribution in [0.4, 0.5) is 5.69 Å². The van der Waals surface area contributed by atoms with Gasteiger partial charge in [0.05, 0.1) is 4.90 Å². The molecule has 1 aromatic rings. The standard InChI is InChI=1S/C10H13ClN2O3S/c1-6-3-4-8(17(12,15)16)5-9(6)13-10(14)7(2)11/h3-5,7H,1-2H3,(H,13,14)(H2,12,15,16). The number of nitrogens with one attached hydrogen (secondary N) is 1. The molecule has 0 saturated carbocycles. The summed E-state index contributed by atoms with van der Waals surface area (Å²) in [6, 6.07) is 4.25. The molecule has 0 aromatic heterocycles. The highest BCUT2D eigenvalue weighted by atomic mass is 35.5. The van der Waals surface area contributed by atoms with Gasteiger partial charge < -0.3 is 5.32 Å². The van der Waals surface area contributed by atoms with Gasteiger partial charge in [-0.25, -0.2) is 13.6 Å². The van der Waals surface area contributed by atoms with Gasteiger partial charge >= 0.3 is 0 Å². The lowest BCUT2D eigenvalue weighted by Gasteiger charge is -2.10. The molecule has 17 heavy (non-hydrogen) atoms. The Balaban J connectivity index is 3.12. The molecular formula is C10H13ClN2O3S. The summed E-state index contributed by atoms with van der Waals surface area (Å²) in [6.45, 7) is 3.26. The minimum atomic E-state index is -3.78. The minimum absolute atomic E-state index is 0.0550. The molecule has 0 spiro atoms. The molecule has 0 heterocycles. The first-order valence-electron chi connectivity index (χ1n) is 4.80. The van der Waals surface area contributed by atoms with Gasteiger partial charge in [-0.3, -0.25) is 4.79 Å². The number of alkyl halides is 1. The Bertz CT molecular complexity index is 540. The van der Waals surface area contributed by atoms with Gasteiger partial charge in [-0.1, -0.05) is 6.07 Å². The lowest BCUT2D eigenvalue weighted by atomic mass is 10.2. The lowest BCUT2D eigenvalue weighted by molar-refractivity contribution is -0.115. The van der Waals surface area contributed by atoms with Crippen molar-refractivity contribution in [1.82, 2.24) is 0 Å². The molecule has 1 unspecified atom stereocenters. The average molecular weight is 277 g/mol. The number of hydrogen-bond acceptors (Lipinski definition) is 3. The number of nitrogens with two attached hydrogens (primary N) is 1. The van der Waals surface area contributed by atoms with Crippen LogP contribution in [0.2, 0.25) is 0 Å². The molecule has 1 amide bonds. The van der Waals surface area contributed by atoms with E-state index in [0.29, 0.717) is 5.69 Å². The molecular weight excluding hydrogens is 264 g/mol. The number of hydrogen-bond donors (Lipinski definition) is 2. The quantitative estimate of drug-likeness (QED) is 0.813. The van der Waals surface area contributed by atoms with Crippen molar-refractivity contribution in [3.8, 4) is 0 Å². The SMILES string of the molecule is Cc1ccc(S(N)(=O)=O)cc1NC(=O)C(C)Cl. The fourth-order valence-electron chi connectivity index (χ4n) is 1.14. The van der Waals surface area contributed by atoms with Crippen molar-refractivity contribution >= 4 is 33.2 Å². The van der Waals surface area contributed by atoms with Gasteiger partial charge in [0.2, 0.25) is 15.9 Å². The van der Waals surface area contributed by atoms with Gasteiger partial charge in [-0.15, -0.1) is 11.6 Å². The number of primary sulfonamides is 1. The molecule has 0 fully saturated rings. The molecule has 0 aliphatic carbocycles. The first kappa shape index (κ1) is 14.0. The van der Waals surface area contributed by atoms with Crippen LogP contribution in [-0.4, -0.2) is 19.7 Å². The monoisotopic (exact) mass is 276 g/mol. The molecule has 3 N–H and O–H groups in total. The van der Waals surface area contributed by atoms with Gasteiger partial charge in [0, 0.05) is 5.69 Å². The Morgan fingerprint density at radius 1 is 1.47 bits per heavy atom. The van der Waals surface area contributed by atoms with Crippen molar-refractivity contribution in [2.24, 2.45) is 5.14 Å². The first-order valence-corrected chi connectivity index (χ1v) is 6.78. The Hall–Kier alpha value is -1.11. The van der Waals surface area contributed by atoms with Crippen molar-refractivity contribution in [2.45, 2.75) is 24.1 Å². The maximum atomic E-state index is 11.4. The van der Waals surface area contributed by atoms with Crippen LogP contribution in [0.1, 0.15) is 12.5 Å². The number of sulfonamides is 1. The Kier molecular flexibility index (Phi) is 4.13. The topological polar surface area (TPSA) is 89.3 Å². The third-order valence-corrected chi connectivity index (χ3v) is 3.27. The van der Waals surface area contributed by atoms with E-state index in [0.717, 1.165) is 5.56 Å². The minimum Gasteiger partial charge on any atom is -0.325 e. The zero-order valence-corrected chi connectivity index (χ0v) is 11.0. The van der Waals surface area contributed by atoms with E-state index >= 15 is 0 Å². The molecule has 0 aliphatic rings. The molecule has 0 radical (unpaired) electrons. The molecule has 7 heteroatoms. The highest BCUT2D eigenvalue weighted by Gasteiger charge is 2.14. The molecule has 5 nitrogen and oxygen atoms in total.